The van der Waals surface area contributed by atoms with Crippen LogP contribution in [0.5, 0.6) is 0 Å². The van der Waals surface area contributed by atoms with E-state index in [2.05, 4.69) is 36.5 Å². The van der Waals surface area contributed by atoms with Gasteiger partial charge in [-0.2, -0.15) is 0 Å². The fourth-order valence-electron chi connectivity index (χ4n) is 1.80. The minimum atomic E-state index is 0.683. The molecular formula is C16H27NO2. The molecule has 0 aromatic heterocycles. The number of unbranched alkanes of at least 4 members (excludes halogenated alkanes) is 1. The summed E-state index contributed by atoms with van der Waals surface area (Å²) >= 11 is 0. The second-order valence-electron chi connectivity index (χ2n) is 4.75. The Hall–Kier alpha value is -0.900. The highest BCUT2D eigenvalue weighted by Crippen LogP contribution is 2.05. The van der Waals surface area contributed by atoms with E-state index in [9.17, 15) is 0 Å². The minimum Gasteiger partial charge on any atom is -0.381 e. The Balaban J connectivity index is 2.02. The van der Waals surface area contributed by atoms with Crippen LogP contribution in [0, 0.1) is 0 Å². The van der Waals surface area contributed by atoms with Crippen molar-refractivity contribution in [2.75, 3.05) is 26.9 Å². The van der Waals surface area contributed by atoms with Crippen LogP contribution in [0.1, 0.15) is 37.3 Å². The van der Waals surface area contributed by atoms with E-state index in [1.54, 1.807) is 7.11 Å². The van der Waals surface area contributed by atoms with Gasteiger partial charge in [-0.05, 0) is 30.5 Å². The molecule has 0 heterocycles. The van der Waals surface area contributed by atoms with Gasteiger partial charge in [-0.15, -0.1) is 0 Å². The predicted molar refractivity (Wildman–Crippen MR) is 79.2 cm³/mol. The molecule has 19 heavy (non-hydrogen) atoms. The number of hydrogen-bond donors (Lipinski definition) is 1. The Bertz CT molecular complexity index is 311. The lowest BCUT2D eigenvalue weighted by atomic mass is 10.1. The highest BCUT2D eigenvalue weighted by Gasteiger charge is 1.95. The molecule has 0 saturated carbocycles. The molecule has 0 atom stereocenters. The highest BCUT2D eigenvalue weighted by molar-refractivity contribution is 5.21. The molecule has 0 fully saturated rings. The summed E-state index contributed by atoms with van der Waals surface area (Å²) in [5, 5.41) is 3.43. The van der Waals surface area contributed by atoms with Gasteiger partial charge in [0.25, 0.3) is 0 Å². The first-order valence-corrected chi connectivity index (χ1v) is 7.22. The maximum Gasteiger partial charge on any atom is 0.0713 e. The summed E-state index contributed by atoms with van der Waals surface area (Å²) < 4.78 is 10.6. The fourth-order valence-corrected chi connectivity index (χ4v) is 1.80. The third kappa shape index (κ3) is 7.98. The van der Waals surface area contributed by atoms with Crippen LogP contribution in [-0.4, -0.2) is 26.9 Å². The summed E-state index contributed by atoms with van der Waals surface area (Å²) in [4.78, 5) is 0. The zero-order chi connectivity index (χ0) is 13.8. The molecule has 0 aliphatic carbocycles. The average Bonchev–Trinajstić information content (AvgIpc) is 2.44. The molecule has 0 aliphatic rings. The van der Waals surface area contributed by atoms with E-state index in [0.717, 1.165) is 32.7 Å². The summed E-state index contributed by atoms with van der Waals surface area (Å²) in [5.74, 6) is 0. The van der Waals surface area contributed by atoms with E-state index < -0.39 is 0 Å². The highest BCUT2D eigenvalue weighted by atomic mass is 16.5. The van der Waals surface area contributed by atoms with Gasteiger partial charge in [0.15, 0.2) is 0 Å². The fraction of sp³-hybridized carbons (Fsp3) is 0.625. The average molecular weight is 265 g/mol. The topological polar surface area (TPSA) is 30.5 Å². The molecular weight excluding hydrogens is 238 g/mol. The van der Waals surface area contributed by atoms with E-state index in [1.165, 1.54) is 24.0 Å². The Kier molecular flexibility index (Phi) is 9.33. The molecule has 3 heteroatoms. The van der Waals surface area contributed by atoms with Gasteiger partial charge in [-0.1, -0.05) is 37.6 Å². The van der Waals surface area contributed by atoms with E-state index in [4.69, 9.17) is 9.47 Å². The lowest BCUT2D eigenvalue weighted by Gasteiger charge is -2.07. The number of ether oxygens (including phenoxy) is 2. The van der Waals surface area contributed by atoms with Crippen LogP contribution >= 0.6 is 0 Å². The first-order valence-electron chi connectivity index (χ1n) is 7.22. The SMILES string of the molecule is CCCCOCCCNCc1ccc(COC)cc1. The number of nitrogens with one attached hydrogen (secondary N) is 1. The molecule has 108 valence electrons. The zero-order valence-corrected chi connectivity index (χ0v) is 12.3. The Morgan fingerprint density at radius 1 is 1.00 bits per heavy atom. The normalized spacial score (nSPS) is 10.8. The molecule has 1 aromatic carbocycles. The van der Waals surface area contributed by atoms with Crippen LogP contribution in [0.2, 0.25) is 0 Å². The van der Waals surface area contributed by atoms with Crippen molar-refractivity contribution in [3.63, 3.8) is 0 Å². The smallest absolute Gasteiger partial charge is 0.0713 e. The van der Waals surface area contributed by atoms with Crippen molar-refractivity contribution in [3.8, 4) is 0 Å². The Morgan fingerprint density at radius 2 is 1.68 bits per heavy atom. The third-order valence-electron chi connectivity index (χ3n) is 2.95. The molecule has 0 amide bonds. The van der Waals surface area contributed by atoms with E-state index in [1.807, 2.05) is 0 Å². The number of benzene rings is 1. The van der Waals surface area contributed by atoms with Gasteiger partial charge >= 0.3 is 0 Å². The first kappa shape index (κ1) is 16.2. The molecule has 0 saturated heterocycles. The van der Waals surface area contributed by atoms with Crippen LogP contribution in [-0.2, 0) is 22.6 Å². The van der Waals surface area contributed by atoms with Gasteiger partial charge < -0.3 is 14.8 Å². The molecule has 1 rings (SSSR count). The molecule has 0 radical (unpaired) electrons. The van der Waals surface area contributed by atoms with Crippen molar-refractivity contribution in [1.29, 1.82) is 0 Å². The van der Waals surface area contributed by atoms with Crippen molar-refractivity contribution in [3.05, 3.63) is 35.4 Å². The van der Waals surface area contributed by atoms with E-state index >= 15 is 0 Å². The second-order valence-corrected chi connectivity index (χ2v) is 4.75. The van der Waals surface area contributed by atoms with Crippen LogP contribution in [0.15, 0.2) is 24.3 Å². The van der Waals surface area contributed by atoms with Crippen molar-refractivity contribution in [1.82, 2.24) is 5.32 Å². The molecule has 0 unspecified atom stereocenters. The summed E-state index contributed by atoms with van der Waals surface area (Å²) in [5.41, 5.74) is 2.53. The molecule has 0 bridgehead atoms. The van der Waals surface area contributed by atoms with Gasteiger partial charge in [0.2, 0.25) is 0 Å². The van der Waals surface area contributed by atoms with Gasteiger partial charge in [0.05, 0.1) is 6.61 Å². The van der Waals surface area contributed by atoms with Gasteiger partial charge in [-0.3, -0.25) is 0 Å². The first-order chi connectivity index (χ1) is 9.36. The van der Waals surface area contributed by atoms with Crippen molar-refractivity contribution in [2.24, 2.45) is 0 Å². The molecule has 0 aliphatic heterocycles. The summed E-state index contributed by atoms with van der Waals surface area (Å²) in [6.45, 7) is 6.55. The van der Waals surface area contributed by atoms with Gasteiger partial charge in [0.1, 0.15) is 0 Å². The molecule has 1 aromatic rings. The van der Waals surface area contributed by atoms with Crippen LogP contribution in [0.4, 0.5) is 0 Å². The standard InChI is InChI=1S/C16H27NO2/c1-3-4-11-19-12-5-10-17-13-15-6-8-16(9-7-15)14-18-2/h6-9,17H,3-5,10-14H2,1-2H3. The van der Waals surface area contributed by atoms with Gasteiger partial charge in [-0.25, -0.2) is 0 Å². The van der Waals surface area contributed by atoms with Crippen molar-refractivity contribution >= 4 is 0 Å². The largest absolute Gasteiger partial charge is 0.381 e. The lowest BCUT2D eigenvalue weighted by molar-refractivity contribution is 0.129. The zero-order valence-electron chi connectivity index (χ0n) is 12.3. The van der Waals surface area contributed by atoms with Crippen LogP contribution < -0.4 is 5.32 Å². The van der Waals surface area contributed by atoms with Crippen molar-refractivity contribution in [2.45, 2.75) is 39.3 Å². The Labute approximate surface area is 117 Å². The minimum absolute atomic E-state index is 0.683. The maximum absolute atomic E-state index is 5.52. The number of methoxy groups -OCH3 is 1. The quantitative estimate of drug-likeness (QED) is 0.624. The summed E-state index contributed by atoms with van der Waals surface area (Å²) in [7, 11) is 1.72. The lowest BCUT2D eigenvalue weighted by Crippen LogP contribution is -2.16. The summed E-state index contributed by atoms with van der Waals surface area (Å²) in [6.07, 6.45) is 3.45. The predicted octanol–water partition coefficient (Wildman–Crippen LogP) is 3.13. The molecule has 3 nitrogen and oxygen atoms in total. The van der Waals surface area contributed by atoms with Gasteiger partial charge in [0, 0.05) is 26.9 Å². The second kappa shape index (κ2) is 11.0. The van der Waals surface area contributed by atoms with E-state index in [0.29, 0.717) is 6.61 Å². The summed E-state index contributed by atoms with van der Waals surface area (Å²) in [6, 6.07) is 8.54. The molecule has 1 N–H and O–H groups in total. The third-order valence-corrected chi connectivity index (χ3v) is 2.95. The van der Waals surface area contributed by atoms with Crippen LogP contribution in [0.25, 0.3) is 0 Å². The number of rotatable bonds is 11. The number of hydrogen-bond acceptors (Lipinski definition) is 3. The van der Waals surface area contributed by atoms with Crippen molar-refractivity contribution < 1.29 is 9.47 Å². The monoisotopic (exact) mass is 265 g/mol. The van der Waals surface area contributed by atoms with Crippen LogP contribution in [0.3, 0.4) is 0 Å². The molecule has 0 spiro atoms. The maximum atomic E-state index is 5.52. The van der Waals surface area contributed by atoms with E-state index in [-0.39, 0.29) is 0 Å². The Morgan fingerprint density at radius 3 is 2.37 bits per heavy atom.